The molecule has 2 fully saturated rings. The first-order valence-corrected chi connectivity index (χ1v) is 10.4. The van der Waals surface area contributed by atoms with E-state index >= 15 is 0 Å². The van der Waals surface area contributed by atoms with Crippen LogP contribution < -0.4 is 10.2 Å². The largest absolute Gasteiger partial charge is 0.493 e. The molecule has 0 aromatic carbocycles. The third kappa shape index (κ3) is 4.05. The van der Waals surface area contributed by atoms with Crippen LogP contribution in [0.15, 0.2) is 41.8 Å². The molecule has 1 aromatic rings. The zero-order valence-corrected chi connectivity index (χ0v) is 17.3. The Kier molecular flexibility index (Phi) is 5.67. The maximum absolute atomic E-state index is 11.9. The Morgan fingerprint density at radius 3 is 2.86 bits per heavy atom. The summed E-state index contributed by atoms with van der Waals surface area (Å²) in [6, 6.07) is 0.250. The number of aromatic nitrogens is 2. The molecule has 7 nitrogen and oxygen atoms in total. The third-order valence-corrected chi connectivity index (χ3v) is 6.04. The molecule has 0 unspecified atom stereocenters. The van der Waals surface area contributed by atoms with Gasteiger partial charge in [-0.3, -0.25) is 9.69 Å². The van der Waals surface area contributed by atoms with Crippen molar-refractivity contribution in [3.8, 4) is 0 Å². The maximum Gasteiger partial charge on any atom is 0.254 e. The Hall–Kier alpha value is -2.67. The highest BCUT2D eigenvalue weighted by atomic mass is 16.5. The number of hydrogen-bond donors (Lipinski definition) is 1. The van der Waals surface area contributed by atoms with Gasteiger partial charge in [0, 0.05) is 57.8 Å². The van der Waals surface area contributed by atoms with Gasteiger partial charge in [0.1, 0.15) is 5.76 Å². The molecule has 4 heterocycles. The second-order valence-corrected chi connectivity index (χ2v) is 7.73. The van der Waals surface area contributed by atoms with Gasteiger partial charge in [0.25, 0.3) is 5.91 Å². The van der Waals surface area contributed by atoms with E-state index in [1.165, 1.54) is 5.57 Å². The summed E-state index contributed by atoms with van der Waals surface area (Å²) in [5.41, 5.74) is 3.80. The van der Waals surface area contributed by atoms with Gasteiger partial charge in [-0.05, 0) is 31.1 Å². The molecular weight excluding hydrogens is 366 g/mol. The van der Waals surface area contributed by atoms with Gasteiger partial charge < -0.3 is 15.0 Å². The second kappa shape index (κ2) is 8.37. The number of ether oxygens (including phenoxy) is 1. The molecule has 3 aliphatic heterocycles. The van der Waals surface area contributed by atoms with Crippen LogP contribution in [0.5, 0.6) is 0 Å². The number of fused-ring (bicyclic) bond motifs is 1. The van der Waals surface area contributed by atoms with Crippen molar-refractivity contribution in [2.24, 2.45) is 0 Å². The van der Waals surface area contributed by atoms with Crippen LogP contribution in [-0.4, -0.2) is 66.1 Å². The van der Waals surface area contributed by atoms with Crippen LogP contribution in [0.4, 0.5) is 5.95 Å². The molecule has 1 N–H and O–H groups in total. The highest BCUT2D eigenvalue weighted by Gasteiger charge is 2.26. The van der Waals surface area contributed by atoms with Crippen molar-refractivity contribution in [2.45, 2.75) is 32.7 Å². The Morgan fingerprint density at radius 2 is 2.10 bits per heavy atom. The normalized spacial score (nSPS) is 23.7. The summed E-state index contributed by atoms with van der Waals surface area (Å²) in [4.78, 5) is 25.6. The topological polar surface area (TPSA) is 70.6 Å². The summed E-state index contributed by atoms with van der Waals surface area (Å²) in [6.07, 6.45) is 7.62. The fourth-order valence-electron chi connectivity index (χ4n) is 4.07. The summed E-state index contributed by atoms with van der Waals surface area (Å²) in [5.74, 6) is 1.62. The second-order valence-electron chi connectivity index (χ2n) is 7.73. The van der Waals surface area contributed by atoms with Crippen molar-refractivity contribution < 1.29 is 9.53 Å². The van der Waals surface area contributed by atoms with Gasteiger partial charge in [-0.25, -0.2) is 9.97 Å². The highest BCUT2D eigenvalue weighted by Crippen LogP contribution is 2.26. The van der Waals surface area contributed by atoms with E-state index in [0.717, 1.165) is 68.6 Å². The van der Waals surface area contributed by atoms with Crippen LogP contribution in [0.1, 0.15) is 36.3 Å². The van der Waals surface area contributed by atoms with E-state index in [1.807, 2.05) is 0 Å². The number of carbonyl (C=O) groups excluding carboxylic acids is 1. The standard InChI is InChI=1S/C22H29N5O2/c1-4-17-6-12-29-20(17)13-15(2)16(3)26-8-10-27(11-9-26)22-24-14-18-19(25-22)5-7-23-21(18)28/h4,13-14,16H,2,5-12H2,1,3H3,(H,23,28)/b17-4-,20-13+/t16-/m0/s1. The molecule has 0 bridgehead atoms. The molecule has 1 atom stereocenters. The molecular formula is C22H29N5O2. The zero-order chi connectivity index (χ0) is 20.4. The first-order chi connectivity index (χ1) is 14.1. The minimum absolute atomic E-state index is 0.0728. The highest BCUT2D eigenvalue weighted by molar-refractivity contribution is 5.96. The molecule has 154 valence electrons. The Morgan fingerprint density at radius 1 is 1.31 bits per heavy atom. The molecule has 0 aliphatic carbocycles. The number of anilines is 1. The minimum atomic E-state index is -0.0728. The quantitative estimate of drug-likeness (QED) is 0.842. The molecule has 0 saturated carbocycles. The molecule has 29 heavy (non-hydrogen) atoms. The summed E-state index contributed by atoms with van der Waals surface area (Å²) in [6.45, 7) is 13.5. The number of nitrogens with zero attached hydrogens (tertiary/aromatic N) is 4. The number of piperazine rings is 1. The van der Waals surface area contributed by atoms with E-state index in [0.29, 0.717) is 12.1 Å². The summed E-state index contributed by atoms with van der Waals surface area (Å²) < 4.78 is 5.75. The fraction of sp³-hybridized carbons (Fsp3) is 0.500. The molecule has 0 spiro atoms. The van der Waals surface area contributed by atoms with Crippen molar-refractivity contribution in [1.29, 1.82) is 0 Å². The van der Waals surface area contributed by atoms with E-state index in [1.54, 1.807) is 6.20 Å². The van der Waals surface area contributed by atoms with Crippen LogP contribution in [0.3, 0.4) is 0 Å². The number of nitrogens with one attached hydrogen (secondary N) is 1. The van der Waals surface area contributed by atoms with Gasteiger partial charge >= 0.3 is 0 Å². The fourth-order valence-corrected chi connectivity index (χ4v) is 4.07. The van der Waals surface area contributed by atoms with Crippen LogP contribution >= 0.6 is 0 Å². The lowest BCUT2D eigenvalue weighted by Crippen LogP contribution is -2.50. The van der Waals surface area contributed by atoms with Crippen molar-refractivity contribution in [3.05, 3.63) is 53.1 Å². The van der Waals surface area contributed by atoms with Gasteiger partial charge in [-0.15, -0.1) is 0 Å². The van der Waals surface area contributed by atoms with E-state index in [2.05, 4.69) is 57.7 Å². The molecule has 1 amide bonds. The first-order valence-electron chi connectivity index (χ1n) is 10.4. The molecule has 2 saturated heterocycles. The monoisotopic (exact) mass is 395 g/mol. The number of rotatable bonds is 4. The zero-order valence-electron chi connectivity index (χ0n) is 17.3. The first kappa shape index (κ1) is 19.6. The summed E-state index contributed by atoms with van der Waals surface area (Å²) >= 11 is 0. The van der Waals surface area contributed by atoms with E-state index in [-0.39, 0.29) is 11.9 Å². The van der Waals surface area contributed by atoms with Gasteiger partial charge in [0.15, 0.2) is 0 Å². The van der Waals surface area contributed by atoms with Gasteiger partial charge in [-0.2, -0.15) is 0 Å². The molecule has 3 aliphatic rings. The minimum Gasteiger partial charge on any atom is -0.493 e. The Bertz CT molecular complexity index is 868. The number of amides is 1. The number of carbonyl (C=O) groups is 1. The lowest BCUT2D eigenvalue weighted by Gasteiger charge is -2.38. The van der Waals surface area contributed by atoms with Gasteiger partial charge in [0.2, 0.25) is 5.95 Å². The number of hydrogen-bond acceptors (Lipinski definition) is 6. The van der Waals surface area contributed by atoms with Gasteiger partial charge in [0.05, 0.1) is 17.9 Å². The van der Waals surface area contributed by atoms with Crippen LogP contribution in [0.25, 0.3) is 0 Å². The average molecular weight is 396 g/mol. The smallest absolute Gasteiger partial charge is 0.254 e. The molecule has 7 heteroatoms. The Balaban J connectivity index is 1.37. The van der Waals surface area contributed by atoms with Gasteiger partial charge in [-0.1, -0.05) is 12.7 Å². The lowest BCUT2D eigenvalue weighted by atomic mass is 10.0. The number of allylic oxidation sites excluding steroid dienone is 2. The SMILES string of the molecule is C=C(/C=C1/OCC/C1=C/C)[C@H](C)N1CCN(c2ncc3c(n2)CCNC3=O)CC1. The lowest BCUT2D eigenvalue weighted by molar-refractivity contribution is 0.0944. The van der Waals surface area contributed by atoms with E-state index < -0.39 is 0 Å². The summed E-state index contributed by atoms with van der Waals surface area (Å²) in [5, 5.41) is 2.83. The van der Waals surface area contributed by atoms with Crippen molar-refractivity contribution in [2.75, 3.05) is 44.2 Å². The average Bonchev–Trinajstić information content (AvgIpc) is 3.20. The Labute approximate surface area is 172 Å². The van der Waals surface area contributed by atoms with Crippen molar-refractivity contribution in [3.63, 3.8) is 0 Å². The maximum atomic E-state index is 11.9. The van der Waals surface area contributed by atoms with Crippen molar-refractivity contribution in [1.82, 2.24) is 20.2 Å². The predicted molar refractivity (Wildman–Crippen MR) is 113 cm³/mol. The molecule has 1 aromatic heterocycles. The van der Waals surface area contributed by atoms with E-state index in [9.17, 15) is 4.79 Å². The molecule has 0 radical (unpaired) electrons. The molecule has 4 rings (SSSR count). The van der Waals surface area contributed by atoms with Crippen molar-refractivity contribution >= 4 is 11.9 Å². The van der Waals surface area contributed by atoms with Crippen LogP contribution in [0, 0.1) is 0 Å². The predicted octanol–water partition coefficient (Wildman–Crippen LogP) is 2.08. The summed E-state index contributed by atoms with van der Waals surface area (Å²) in [7, 11) is 0. The van der Waals surface area contributed by atoms with E-state index in [4.69, 9.17) is 4.74 Å². The van der Waals surface area contributed by atoms with Crippen LogP contribution in [-0.2, 0) is 11.2 Å². The van der Waals surface area contributed by atoms with Crippen LogP contribution in [0.2, 0.25) is 0 Å². The third-order valence-electron chi connectivity index (χ3n) is 6.04.